The third kappa shape index (κ3) is 3.54. The van der Waals surface area contributed by atoms with Gasteiger partial charge in [0.15, 0.2) is 5.76 Å². The number of pyridine rings is 1. The fraction of sp³-hybridized carbons (Fsp3) is 0.316. The van der Waals surface area contributed by atoms with Gasteiger partial charge in [-0.05, 0) is 50.1 Å². The summed E-state index contributed by atoms with van der Waals surface area (Å²) in [4.78, 5) is 33.9. The highest BCUT2D eigenvalue weighted by Gasteiger charge is 2.43. The second-order valence-corrected chi connectivity index (χ2v) is 7.36. The number of carbonyl (C=O) groups excluding carboxylic acids is 2. The quantitative estimate of drug-likeness (QED) is 0.758. The fourth-order valence-corrected chi connectivity index (χ4v) is 3.78. The van der Waals surface area contributed by atoms with Crippen LogP contribution < -0.4 is 0 Å². The number of hydrogen-bond acceptors (Lipinski definition) is 6. The number of ketones is 1. The van der Waals surface area contributed by atoms with Crippen LogP contribution >= 0.6 is 11.3 Å². The van der Waals surface area contributed by atoms with Gasteiger partial charge in [0.2, 0.25) is 5.78 Å². The van der Waals surface area contributed by atoms with Crippen molar-refractivity contribution in [1.29, 1.82) is 0 Å². The Hall–Kier alpha value is -2.51. The minimum Gasteiger partial charge on any atom is -0.503 e. The Kier molecular flexibility index (Phi) is 5.49. The second-order valence-electron chi connectivity index (χ2n) is 6.41. The molecule has 1 atom stereocenters. The summed E-state index contributed by atoms with van der Waals surface area (Å²) in [5, 5.41) is 12.3. The van der Waals surface area contributed by atoms with Crippen molar-refractivity contribution in [2.75, 3.05) is 27.2 Å². The zero-order valence-electron chi connectivity index (χ0n) is 14.8. The van der Waals surface area contributed by atoms with E-state index in [2.05, 4.69) is 4.98 Å². The van der Waals surface area contributed by atoms with Crippen LogP contribution in [0.5, 0.6) is 0 Å². The molecule has 136 valence electrons. The lowest BCUT2D eigenvalue weighted by Gasteiger charge is -2.27. The van der Waals surface area contributed by atoms with E-state index in [1.807, 2.05) is 25.1 Å². The Balaban J connectivity index is 1.97. The van der Waals surface area contributed by atoms with Crippen LogP contribution in [-0.4, -0.2) is 58.8 Å². The first kappa shape index (κ1) is 18.3. The molecular weight excluding hydrogens is 350 g/mol. The van der Waals surface area contributed by atoms with E-state index in [1.165, 1.54) is 11.3 Å². The van der Waals surface area contributed by atoms with Crippen LogP contribution in [0.1, 0.15) is 27.7 Å². The molecule has 1 aliphatic heterocycles. The molecule has 0 saturated carbocycles. The van der Waals surface area contributed by atoms with Gasteiger partial charge in [0.1, 0.15) is 0 Å². The van der Waals surface area contributed by atoms with Gasteiger partial charge in [-0.2, -0.15) is 0 Å². The number of aromatic nitrogens is 1. The highest BCUT2D eigenvalue weighted by atomic mass is 32.1. The molecule has 0 radical (unpaired) electrons. The zero-order chi connectivity index (χ0) is 18.7. The first-order valence-corrected chi connectivity index (χ1v) is 9.25. The molecular formula is C19H21N3O3S. The summed E-state index contributed by atoms with van der Waals surface area (Å²) >= 11 is 1.29. The SMILES string of the molecule is CN(C)CCCN1C(=O)C(O)=C(C(=O)c2cccs2)[C@H]1c1cccnc1. The number of thiophene rings is 1. The molecule has 6 nitrogen and oxygen atoms in total. The molecule has 1 N–H and O–H groups in total. The Bertz CT molecular complexity index is 816. The molecule has 7 heteroatoms. The topological polar surface area (TPSA) is 73.7 Å². The van der Waals surface area contributed by atoms with Crippen LogP contribution in [-0.2, 0) is 4.79 Å². The zero-order valence-corrected chi connectivity index (χ0v) is 15.6. The van der Waals surface area contributed by atoms with E-state index in [9.17, 15) is 14.7 Å². The molecule has 0 unspecified atom stereocenters. The van der Waals surface area contributed by atoms with E-state index >= 15 is 0 Å². The van der Waals surface area contributed by atoms with Crippen LogP contribution in [0, 0.1) is 0 Å². The highest BCUT2D eigenvalue weighted by Crippen LogP contribution is 2.39. The normalized spacial score (nSPS) is 17.4. The summed E-state index contributed by atoms with van der Waals surface area (Å²) < 4.78 is 0. The molecule has 1 aliphatic rings. The first-order valence-electron chi connectivity index (χ1n) is 8.37. The predicted octanol–water partition coefficient (Wildman–Crippen LogP) is 2.67. The maximum Gasteiger partial charge on any atom is 0.290 e. The van der Waals surface area contributed by atoms with Crippen LogP contribution in [0.4, 0.5) is 0 Å². The summed E-state index contributed by atoms with van der Waals surface area (Å²) in [5.74, 6) is -1.27. The molecule has 0 bridgehead atoms. The predicted molar refractivity (Wildman–Crippen MR) is 100 cm³/mol. The van der Waals surface area contributed by atoms with Crippen LogP contribution in [0.25, 0.3) is 0 Å². The summed E-state index contributed by atoms with van der Waals surface area (Å²) in [7, 11) is 3.93. The third-order valence-electron chi connectivity index (χ3n) is 4.30. The monoisotopic (exact) mass is 371 g/mol. The number of hydrogen-bond donors (Lipinski definition) is 1. The van der Waals surface area contributed by atoms with Gasteiger partial charge in [-0.1, -0.05) is 12.1 Å². The Morgan fingerprint density at radius 1 is 1.35 bits per heavy atom. The van der Waals surface area contributed by atoms with Crippen LogP contribution in [0.3, 0.4) is 0 Å². The van der Waals surface area contributed by atoms with Crippen LogP contribution in [0.15, 0.2) is 53.4 Å². The molecule has 26 heavy (non-hydrogen) atoms. The van der Waals surface area contributed by atoms with E-state index in [-0.39, 0.29) is 11.4 Å². The van der Waals surface area contributed by atoms with Crippen molar-refractivity contribution in [3.8, 4) is 0 Å². The summed E-state index contributed by atoms with van der Waals surface area (Å²) in [6, 6.07) is 6.45. The van der Waals surface area contributed by atoms with Gasteiger partial charge in [-0.15, -0.1) is 11.3 Å². The molecule has 2 aromatic rings. The summed E-state index contributed by atoms with van der Waals surface area (Å²) in [6.07, 6.45) is 4.02. The first-order chi connectivity index (χ1) is 12.5. The average Bonchev–Trinajstić information content (AvgIpc) is 3.24. The van der Waals surface area contributed by atoms with Crippen molar-refractivity contribution in [3.05, 3.63) is 63.8 Å². The number of amides is 1. The third-order valence-corrected chi connectivity index (χ3v) is 5.17. The smallest absolute Gasteiger partial charge is 0.290 e. The van der Waals surface area contributed by atoms with E-state index in [4.69, 9.17) is 0 Å². The van der Waals surface area contributed by atoms with Gasteiger partial charge in [-0.25, -0.2) is 0 Å². The second kappa shape index (κ2) is 7.80. The van der Waals surface area contributed by atoms with E-state index in [0.717, 1.165) is 18.5 Å². The van der Waals surface area contributed by atoms with Gasteiger partial charge in [0.05, 0.1) is 16.5 Å². The maximum atomic E-state index is 13.0. The number of nitrogens with zero attached hydrogens (tertiary/aromatic N) is 3. The minimum atomic E-state index is -0.618. The van der Waals surface area contributed by atoms with Gasteiger partial charge in [0, 0.05) is 18.9 Å². The van der Waals surface area contributed by atoms with Crippen molar-refractivity contribution < 1.29 is 14.7 Å². The van der Waals surface area contributed by atoms with Crippen molar-refractivity contribution >= 4 is 23.0 Å². The average molecular weight is 371 g/mol. The molecule has 0 aliphatic carbocycles. The fourth-order valence-electron chi connectivity index (χ4n) is 3.10. The van der Waals surface area contributed by atoms with Crippen LogP contribution in [0.2, 0.25) is 0 Å². The molecule has 1 amide bonds. The molecule has 0 saturated heterocycles. The molecule has 0 fully saturated rings. The van der Waals surface area contributed by atoms with E-state index in [0.29, 0.717) is 11.4 Å². The van der Waals surface area contributed by atoms with Gasteiger partial charge in [0.25, 0.3) is 5.91 Å². The van der Waals surface area contributed by atoms with Gasteiger partial charge >= 0.3 is 0 Å². The lowest BCUT2D eigenvalue weighted by atomic mass is 9.96. The Morgan fingerprint density at radius 2 is 2.15 bits per heavy atom. The molecule has 2 aromatic heterocycles. The van der Waals surface area contributed by atoms with Crippen molar-refractivity contribution in [1.82, 2.24) is 14.8 Å². The molecule has 3 heterocycles. The summed E-state index contributed by atoms with van der Waals surface area (Å²) in [5.41, 5.74) is 0.852. The minimum absolute atomic E-state index is 0.135. The number of aliphatic hydroxyl groups is 1. The number of aliphatic hydroxyl groups excluding tert-OH is 1. The lowest BCUT2D eigenvalue weighted by Crippen LogP contribution is -2.33. The van der Waals surface area contributed by atoms with E-state index in [1.54, 1.807) is 40.9 Å². The summed E-state index contributed by atoms with van der Waals surface area (Å²) in [6.45, 7) is 1.25. The Morgan fingerprint density at radius 3 is 2.77 bits per heavy atom. The van der Waals surface area contributed by atoms with Gasteiger partial charge in [-0.3, -0.25) is 14.6 Å². The van der Waals surface area contributed by atoms with Crippen molar-refractivity contribution in [2.45, 2.75) is 12.5 Å². The molecule has 3 rings (SSSR count). The Labute approximate surface area is 156 Å². The van der Waals surface area contributed by atoms with Crippen molar-refractivity contribution in [2.24, 2.45) is 0 Å². The molecule has 0 aromatic carbocycles. The maximum absolute atomic E-state index is 13.0. The number of carbonyl (C=O) groups is 2. The van der Waals surface area contributed by atoms with E-state index < -0.39 is 17.7 Å². The van der Waals surface area contributed by atoms with Crippen molar-refractivity contribution in [3.63, 3.8) is 0 Å². The molecule has 0 spiro atoms. The largest absolute Gasteiger partial charge is 0.503 e. The number of Topliss-reactive ketones (excluding diaryl/α,β-unsaturated/α-hetero) is 1. The van der Waals surface area contributed by atoms with Gasteiger partial charge < -0.3 is 14.9 Å². The standard InChI is InChI=1S/C19H21N3O3S/c1-21(2)9-5-10-22-16(13-6-3-8-20-12-13)15(18(24)19(22)25)17(23)14-7-4-11-26-14/h3-4,6-8,11-12,16,24H,5,9-10H2,1-2H3/t16-/m1/s1. The lowest BCUT2D eigenvalue weighted by molar-refractivity contribution is -0.129. The highest BCUT2D eigenvalue weighted by molar-refractivity contribution is 7.12. The number of rotatable bonds is 7.